The van der Waals surface area contributed by atoms with E-state index in [-0.39, 0.29) is 17.2 Å². The van der Waals surface area contributed by atoms with E-state index in [1.165, 1.54) is 6.07 Å². The van der Waals surface area contributed by atoms with Gasteiger partial charge in [0.2, 0.25) is 0 Å². The Labute approximate surface area is 163 Å². The third-order valence-electron chi connectivity index (χ3n) is 4.42. The molecular formula is C20H22ClFN2O3. The minimum absolute atomic E-state index is 0.0496. The van der Waals surface area contributed by atoms with Crippen LogP contribution >= 0.6 is 11.6 Å². The topological polar surface area (TPSA) is 50.8 Å². The van der Waals surface area contributed by atoms with Crippen molar-refractivity contribution in [2.24, 2.45) is 0 Å². The number of rotatable bonds is 5. The Balaban J connectivity index is 1.58. The van der Waals surface area contributed by atoms with Gasteiger partial charge >= 0.3 is 6.03 Å². The van der Waals surface area contributed by atoms with Crippen LogP contribution in [-0.2, 0) is 22.6 Å². The van der Waals surface area contributed by atoms with Gasteiger partial charge in [0.15, 0.2) is 0 Å². The highest BCUT2D eigenvalue weighted by Crippen LogP contribution is 2.26. The Morgan fingerprint density at radius 1 is 1.33 bits per heavy atom. The van der Waals surface area contributed by atoms with Gasteiger partial charge in [-0.05, 0) is 28.8 Å². The Kier molecular flexibility index (Phi) is 6.66. The largest absolute Gasteiger partial charge is 0.380 e. The maximum atomic E-state index is 13.4. The zero-order chi connectivity index (χ0) is 19.2. The van der Waals surface area contributed by atoms with Crippen molar-refractivity contribution in [3.63, 3.8) is 0 Å². The van der Waals surface area contributed by atoms with Crippen molar-refractivity contribution in [2.45, 2.75) is 19.3 Å². The molecule has 1 heterocycles. The molecule has 144 valence electrons. The number of urea groups is 1. The number of hydrogen-bond acceptors (Lipinski definition) is 3. The third-order valence-corrected chi connectivity index (χ3v) is 4.70. The number of nitrogens with one attached hydrogen (secondary N) is 1. The van der Waals surface area contributed by atoms with Gasteiger partial charge in [-0.1, -0.05) is 41.9 Å². The minimum atomic E-state index is -0.471. The van der Waals surface area contributed by atoms with E-state index in [0.717, 1.165) is 16.7 Å². The summed E-state index contributed by atoms with van der Waals surface area (Å²) >= 11 is 5.85. The summed E-state index contributed by atoms with van der Waals surface area (Å²) in [6, 6.07) is 12.2. The van der Waals surface area contributed by atoms with Gasteiger partial charge in [-0.2, -0.15) is 0 Å². The van der Waals surface area contributed by atoms with Crippen LogP contribution in [0.2, 0.25) is 5.02 Å². The SMILES string of the molecule is COCc1cccc(CNC(=O)N2CCO[C@H](c3ccc(F)c(Cl)c3)C2)c1. The van der Waals surface area contributed by atoms with E-state index in [0.29, 0.717) is 32.8 Å². The van der Waals surface area contributed by atoms with E-state index in [2.05, 4.69) is 5.32 Å². The summed E-state index contributed by atoms with van der Waals surface area (Å²) in [4.78, 5) is 14.2. The molecule has 5 nitrogen and oxygen atoms in total. The Hall–Kier alpha value is -2.15. The van der Waals surface area contributed by atoms with Crippen molar-refractivity contribution in [1.29, 1.82) is 0 Å². The summed E-state index contributed by atoms with van der Waals surface area (Å²) in [6.07, 6.45) is -0.326. The molecule has 0 saturated carbocycles. The van der Waals surface area contributed by atoms with Crippen LogP contribution in [0.3, 0.4) is 0 Å². The van der Waals surface area contributed by atoms with E-state index >= 15 is 0 Å². The first-order chi connectivity index (χ1) is 13.1. The molecule has 2 aromatic rings. The van der Waals surface area contributed by atoms with E-state index < -0.39 is 5.82 Å². The molecule has 27 heavy (non-hydrogen) atoms. The molecule has 0 aromatic heterocycles. The second-order valence-electron chi connectivity index (χ2n) is 6.39. The van der Waals surface area contributed by atoms with Crippen molar-refractivity contribution >= 4 is 17.6 Å². The van der Waals surface area contributed by atoms with Gasteiger partial charge in [0, 0.05) is 20.2 Å². The van der Waals surface area contributed by atoms with Crippen molar-refractivity contribution in [3.05, 3.63) is 70.0 Å². The molecule has 1 N–H and O–H groups in total. The molecule has 0 spiro atoms. The molecule has 0 unspecified atom stereocenters. The van der Waals surface area contributed by atoms with Crippen molar-refractivity contribution in [2.75, 3.05) is 26.8 Å². The molecule has 1 saturated heterocycles. The summed E-state index contributed by atoms with van der Waals surface area (Å²) in [6.45, 7) is 2.27. The number of benzene rings is 2. The molecule has 1 aliphatic heterocycles. The molecule has 1 fully saturated rings. The second-order valence-corrected chi connectivity index (χ2v) is 6.80. The summed E-state index contributed by atoms with van der Waals surface area (Å²) in [5, 5.41) is 2.98. The van der Waals surface area contributed by atoms with Gasteiger partial charge in [0.05, 0.1) is 24.8 Å². The summed E-state index contributed by atoms with van der Waals surface area (Å²) < 4.78 is 24.2. The Morgan fingerprint density at radius 3 is 2.93 bits per heavy atom. The normalized spacial score (nSPS) is 17.0. The van der Waals surface area contributed by atoms with Crippen LogP contribution in [0.4, 0.5) is 9.18 Å². The number of morpholine rings is 1. The molecule has 0 bridgehead atoms. The van der Waals surface area contributed by atoms with Crippen molar-refractivity contribution in [3.8, 4) is 0 Å². The van der Waals surface area contributed by atoms with Gasteiger partial charge in [0.25, 0.3) is 0 Å². The van der Waals surface area contributed by atoms with E-state index in [1.807, 2.05) is 24.3 Å². The monoisotopic (exact) mass is 392 g/mol. The van der Waals surface area contributed by atoms with Crippen LogP contribution in [0.25, 0.3) is 0 Å². The Bertz CT molecular complexity index is 803. The molecule has 1 atom stereocenters. The lowest BCUT2D eigenvalue weighted by Gasteiger charge is -2.33. The third kappa shape index (κ3) is 5.19. The standard InChI is InChI=1S/C20H22ClFN2O3/c1-26-13-15-4-2-3-14(9-15)11-23-20(25)24-7-8-27-19(12-24)16-5-6-18(22)17(21)10-16/h2-6,9-10,19H,7-8,11-13H2,1H3,(H,23,25)/t19-/m0/s1. The van der Waals surface area contributed by atoms with Crippen LogP contribution in [0.1, 0.15) is 22.8 Å². The fraction of sp³-hybridized carbons (Fsp3) is 0.350. The smallest absolute Gasteiger partial charge is 0.317 e. The van der Waals surface area contributed by atoms with E-state index in [1.54, 1.807) is 24.1 Å². The number of ether oxygens (including phenoxy) is 2. The first-order valence-corrected chi connectivity index (χ1v) is 9.10. The molecule has 2 amide bonds. The lowest BCUT2D eigenvalue weighted by atomic mass is 10.1. The number of amides is 2. The summed E-state index contributed by atoms with van der Waals surface area (Å²) in [7, 11) is 1.65. The number of carbonyl (C=O) groups excluding carboxylic acids is 1. The first kappa shape index (κ1) is 19.6. The van der Waals surface area contributed by atoms with Gasteiger partial charge in [-0.25, -0.2) is 9.18 Å². The summed E-state index contributed by atoms with van der Waals surface area (Å²) in [5.41, 5.74) is 2.82. The van der Waals surface area contributed by atoms with Crippen LogP contribution in [-0.4, -0.2) is 37.7 Å². The van der Waals surface area contributed by atoms with Crippen LogP contribution in [0.15, 0.2) is 42.5 Å². The Morgan fingerprint density at radius 2 is 2.15 bits per heavy atom. The molecule has 7 heteroatoms. The fourth-order valence-electron chi connectivity index (χ4n) is 3.03. The average Bonchev–Trinajstić information content (AvgIpc) is 2.69. The molecule has 2 aromatic carbocycles. The van der Waals surface area contributed by atoms with E-state index in [4.69, 9.17) is 21.1 Å². The number of hydrogen-bond donors (Lipinski definition) is 1. The zero-order valence-electron chi connectivity index (χ0n) is 15.1. The van der Waals surface area contributed by atoms with E-state index in [9.17, 15) is 9.18 Å². The fourth-order valence-corrected chi connectivity index (χ4v) is 3.22. The van der Waals surface area contributed by atoms with Gasteiger partial charge in [0.1, 0.15) is 11.9 Å². The van der Waals surface area contributed by atoms with Crippen molar-refractivity contribution in [1.82, 2.24) is 10.2 Å². The number of halogens is 2. The van der Waals surface area contributed by atoms with Gasteiger partial charge in [-0.15, -0.1) is 0 Å². The number of carbonyl (C=O) groups is 1. The number of nitrogens with zero attached hydrogens (tertiary/aromatic N) is 1. The quantitative estimate of drug-likeness (QED) is 0.839. The maximum Gasteiger partial charge on any atom is 0.317 e. The predicted octanol–water partition coefficient (Wildman–Crippen LogP) is 3.91. The average molecular weight is 393 g/mol. The van der Waals surface area contributed by atoms with Crippen LogP contribution in [0, 0.1) is 5.82 Å². The lowest BCUT2D eigenvalue weighted by molar-refractivity contribution is -0.0155. The molecule has 3 rings (SSSR count). The number of methoxy groups -OCH3 is 1. The highest BCUT2D eigenvalue weighted by atomic mass is 35.5. The van der Waals surface area contributed by atoms with Crippen LogP contribution in [0.5, 0.6) is 0 Å². The molecule has 0 radical (unpaired) electrons. The second kappa shape index (κ2) is 9.17. The van der Waals surface area contributed by atoms with Crippen molar-refractivity contribution < 1.29 is 18.7 Å². The van der Waals surface area contributed by atoms with Gasteiger partial charge in [-0.3, -0.25) is 0 Å². The van der Waals surface area contributed by atoms with Gasteiger partial charge < -0.3 is 19.7 Å². The highest BCUT2D eigenvalue weighted by Gasteiger charge is 2.25. The predicted molar refractivity (Wildman–Crippen MR) is 101 cm³/mol. The zero-order valence-corrected chi connectivity index (χ0v) is 15.8. The summed E-state index contributed by atoms with van der Waals surface area (Å²) in [5.74, 6) is -0.471. The molecule has 1 aliphatic rings. The molecule has 0 aliphatic carbocycles. The highest BCUT2D eigenvalue weighted by molar-refractivity contribution is 6.30. The maximum absolute atomic E-state index is 13.4. The first-order valence-electron chi connectivity index (χ1n) is 8.73. The van der Waals surface area contributed by atoms with Crippen LogP contribution < -0.4 is 5.32 Å². The minimum Gasteiger partial charge on any atom is -0.380 e. The lowest BCUT2D eigenvalue weighted by Crippen LogP contribution is -2.46. The molecular weight excluding hydrogens is 371 g/mol.